The molecule has 2 heterocycles. The third kappa shape index (κ3) is 6.30. The van der Waals surface area contributed by atoms with Crippen molar-refractivity contribution in [2.24, 2.45) is 11.1 Å². The van der Waals surface area contributed by atoms with Gasteiger partial charge in [0.1, 0.15) is 12.3 Å². The number of rotatable bonds is 8. The predicted molar refractivity (Wildman–Crippen MR) is 125 cm³/mol. The third-order valence-corrected chi connectivity index (χ3v) is 6.28. The lowest BCUT2D eigenvalue weighted by Crippen LogP contribution is -2.40. The Morgan fingerprint density at radius 2 is 2.03 bits per heavy atom. The molecule has 0 radical (unpaired) electrons. The Kier molecular flexibility index (Phi) is 9.82. The molecule has 2 aromatic rings. The first-order valence-electron chi connectivity index (χ1n) is 10.3. The number of hydrogen-bond donors (Lipinski definition) is 0. The lowest BCUT2D eigenvalue weighted by atomic mass is 9.98. The first kappa shape index (κ1) is 24.4. The van der Waals surface area contributed by atoms with Gasteiger partial charge in [-0.25, -0.2) is 0 Å². The minimum atomic E-state index is -0.0776. The van der Waals surface area contributed by atoms with Gasteiger partial charge in [-0.2, -0.15) is 0 Å². The number of oxime groups is 1. The number of aryl methyl sites for hydroxylation is 2. The van der Waals surface area contributed by atoms with Gasteiger partial charge in [0.2, 0.25) is 0 Å². The Hall–Kier alpha value is -1.89. The number of piperidine rings is 1. The van der Waals surface area contributed by atoms with Crippen molar-refractivity contribution in [2.45, 2.75) is 33.6 Å². The summed E-state index contributed by atoms with van der Waals surface area (Å²) < 4.78 is 5.18. The number of esters is 1. The summed E-state index contributed by atoms with van der Waals surface area (Å²) >= 11 is 1.68. The van der Waals surface area contributed by atoms with Crippen LogP contribution in [0.4, 0.5) is 0 Å². The van der Waals surface area contributed by atoms with E-state index in [2.05, 4.69) is 47.5 Å². The highest BCUT2D eigenvalue weighted by molar-refractivity contribution is 7.12. The van der Waals surface area contributed by atoms with E-state index in [0.29, 0.717) is 13.2 Å². The second-order valence-electron chi connectivity index (χ2n) is 7.41. The van der Waals surface area contributed by atoms with Gasteiger partial charge in [0.15, 0.2) is 0 Å². The minimum absolute atomic E-state index is 0. The smallest absolute Gasteiger partial charge is 0.310 e. The Balaban J connectivity index is 0.00000320. The largest absolute Gasteiger partial charge is 0.466 e. The molecule has 0 spiro atoms. The van der Waals surface area contributed by atoms with E-state index < -0.39 is 0 Å². The molecule has 5 nitrogen and oxygen atoms in total. The van der Waals surface area contributed by atoms with Crippen LogP contribution in [0.5, 0.6) is 0 Å². The number of benzene rings is 1. The summed E-state index contributed by atoms with van der Waals surface area (Å²) in [5.41, 5.74) is 4.36. The van der Waals surface area contributed by atoms with Gasteiger partial charge < -0.3 is 9.57 Å². The van der Waals surface area contributed by atoms with Crippen molar-refractivity contribution in [1.82, 2.24) is 4.90 Å². The molecule has 1 saturated heterocycles. The van der Waals surface area contributed by atoms with E-state index in [4.69, 9.17) is 9.57 Å². The normalized spacial score (nSPS) is 17.3. The average Bonchev–Trinajstić information content (AvgIpc) is 3.15. The van der Waals surface area contributed by atoms with Gasteiger partial charge in [-0.15, -0.1) is 23.7 Å². The van der Waals surface area contributed by atoms with Crippen LogP contribution in [0.2, 0.25) is 0 Å². The number of carbonyl (C=O) groups is 1. The van der Waals surface area contributed by atoms with E-state index in [9.17, 15) is 4.79 Å². The Bertz CT molecular complexity index is 852. The predicted octanol–water partition coefficient (Wildman–Crippen LogP) is 4.83. The lowest BCUT2D eigenvalue weighted by molar-refractivity contribution is -0.150. The first-order chi connectivity index (χ1) is 14.1. The van der Waals surface area contributed by atoms with Gasteiger partial charge in [0.05, 0.1) is 17.4 Å². The summed E-state index contributed by atoms with van der Waals surface area (Å²) in [5.74, 6) is -0.102. The molecule has 1 atom stereocenters. The summed E-state index contributed by atoms with van der Waals surface area (Å²) in [7, 11) is 0. The maximum absolute atomic E-state index is 12.0. The minimum Gasteiger partial charge on any atom is -0.466 e. The fourth-order valence-electron chi connectivity index (χ4n) is 3.66. The van der Waals surface area contributed by atoms with Crippen molar-refractivity contribution >= 4 is 35.4 Å². The van der Waals surface area contributed by atoms with Crippen LogP contribution < -0.4 is 0 Å². The van der Waals surface area contributed by atoms with Crippen molar-refractivity contribution in [3.63, 3.8) is 0 Å². The van der Waals surface area contributed by atoms with Crippen LogP contribution in [0.15, 0.2) is 40.9 Å². The van der Waals surface area contributed by atoms with Crippen molar-refractivity contribution in [3.8, 4) is 0 Å². The van der Waals surface area contributed by atoms with Gasteiger partial charge in [-0.05, 0) is 62.7 Å². The molecule has 3 rings (SSSR count). The number of ether oxygens (including phenoxy) is 1. The lowest BCUT2D eigenvalue weighted by Gasteiger charge is -2.30. The monoisotopic (exact) mass is 450 g/mol. The molecule has 0 saturated carbocycles. The maximum Gasteiger partial charge on any atom is 0.310 e. The zero-order chi connectivity index (χ0) is 20.6. The highest BCUT2D eigenvalue weighted by Crippen LogP contribution is 2.23. The van der Waals surface area contributed by atoms with E-state index in [1.807, 2.05) is 19.1 Å². The zero-order valence-corrected chi connectivity index (χ0v) is 19.6. The van der Waals surface area contributed by atoms with Gasteiger partial charge in [0.25, 0.3) is 0 Å². The van der Waals surface area contributed by atoms with E-state index in [1.165, 1.54) is 11.1 Å². The SMILES string of the molecule is CCOC(=O)C1CCCN(CCON=C(c2ccccc2C)c2sccc2C)C1.Cl. The van der Waals surface area contributed by atoms with Crippen molar-refractivity contribution in [3.05, 3.63) is 57.3 Å². The summed E-state index contributed by atoms with van der Waals surface area (Å²) in [6.07, 6.45) is 1.92. The molecule has 0 N–H and O–H groups in total. The van der Waals surface area contributed by atoms with Crippen molar-refractivity contribution in [1.29, 1.82) is 0 Å². The molecule has 30 heavy (non-hydrogen) atoms. The van der Waals surface area contributed by atoms with Crippen LogP contribution in [-0.4, -0.2) is 49.4 Å². The number of hydrogen-bond acceptors (Lipinski definition) is 6. The molecule has 1 unspecified atom stereocenters. The standard InChI is InChI=1S/C23H30N2O3S.ClH/c1-4-27-23(26)19-9-7-12-25(16-19)13-14-28-24-21(22-18(3)11-15-29-22)20-10-6-5-8-17(20)2;/h5-6,8,10-11,15,19H,4,7,9,12-14,16H2,1-3H3;1H. The van der Waals surface area contributed by atoms with Gasteiger partial charge in [-0.1, -0.05) is 29.4 Å². The zero-order valence-electron chi connectivity index (χ0n) is 17.9. The number of halogens is 1. The number of thiophene rings is 1. The highest BCUT2D eigenvalue weighted by Gasteiger charge is 2.26. The molecule has 7 heteroatoms. The molecule has 164 valence electrons. The van der Waals surface area contributed by atoms with E-state index >= 15 is 0 Å². The molecule has 1 aliphatic heterocycles. The van der Waals surface area contributed by atoms with Crippen molar-refractivity contribution in [2.75, 3.05) is 32.8 Å². The number of nitrogens with zero attached hydrogens (tertiary/aromatic N) is 2. The van der Waals surface area contributed by atoms with Gasteiger partial charge in [0, 0.05) is 18.7 Å². The number of likely N-dealkylation sites (tertiary alicyclic amines) is 1. The fourth-order valence-corrected chi connectivity index (χ4v) is 4.58. The molecular weight excluding hydrogens is 420 g/mol. The Morgan fingerprint density at radius 3 is 2.73 bits per heavy atom. The molecule has 1 aromatic carbocycles. The van der Waals surface area contributed by atoms with Crippen LogP contribution >= 0.6 is 23.7 Å². The first-order valence-corrected chi connectivity index (χ1v) is 11.2. The van der Waals surface area contributed by atoms with E-state index in [-0.39, 0.29) is 24.3 Å². The topological polar surface area (TPSA) is 51.1 Å². The number of carbonyl (C=O) groups excluding carboxylic acids is 1. The Morgan fingerprint density at radius 1 is 1.23 bits per heavy atom. The summed E-state index contributed by atoms with van der Waals surface area (Å²) in [6.45, 7) is 9.46. The summed E-state index contributed by atoms with van der Waals surface area (Å²) in [4.78, 5) is 21.2. The second kappa shape index (κ2) is 12.1. The molecule has 0 amide bonds. The van der Waals surface area contributed by atoms with Crippen LogP contribution in [-0.2, 0) is 14.4 Å². The quantitative estimate of drug-likeness (QED) is 0.250. The van der Waals surface area contributed by atoms with Gasteiger partial charge >= 0.3 is 5.97 Å². The Labute approximate surface area is 189 Å². The van der Waals surface area contributed by atoms with Crippen molar-refractivity contribution < 1.29 is 14.4 Å². The molecule has 1 aromatic heterocycles. The molecular formula is C23H31ClN2O3S. The van der Waals surface area contributed by atoms with E-state index in [0.717, 1.165) is 48.6 Å². The molecule has 1 fully saturated rings. The van der Waals surface area contributed by atoms with Crippen LogP contribution in [0.25, 0.3) is 0 Å². The average molecular weight is 451 g/mol. The second-order valence-corrected chi connectivity index (χ2v) is 8.33. The highest BCUT2D eigenvalue weighted by atomic mass is 35.5. The van der Waals surface area contributed by atoms with Gasteiger partial charge in [-0.3, -0.25) is 9.69 Å². The summed E-state index contributed by atoms with van der Waals surface area (Å²) in [6, 6.07) is 10.4. The van der Waals surface area contributed by atoms with Crippen LogP contribution in [0, 0.1) is 19.8 Å². The van der Waals surface area contributed by atoms with Crippen LogP contribution in [0.1, 0.15) is 41.3 Å². The molecule has 1 aliphatic rings. The third-order valence-electron chi connectivity index (χ3n) is 5.26. The van der Waals surface area contributed by atoms with Crippen LogP contribution in [0.3, 0.4) is 0 Å². The summed E-state index contributed by atoms with van der Waals surface area (Å²) in [5, 5.41) is 6.62. The van der Waals surface area contributed by atoms with E-state index in [1.54, 1.807) is 11.3 Å². The molecule has 0 aliphatic carbocycles. The fraction of sp³-hybridized carbons (Fsp3) is 0.478. The molecule has 0 bridgehead atoms. The maximum atomic E-state index is 12.0.